The first-order valence-corrected chi connectivity index (χ1v) is 11.1. The Kier molecular flexibility index (Phi) is 5.33. The van der Waals surface area contributed by atoms with Gasteiger partial charge in [0.1, 0.15) is 24.1 Å². The molecule has 2 aromatic carbocycles. The van der Waals surface area contributed by atoms with E-state index in [9.17, 15) is 18.8 Å². The molecule has 1 N–H and O–H groups in total. The van der Waals surface area contributed by atoms with Crippen molar-refractivity contribution in [1.82, 2.24) is 15.1 Å². The summed E-state index contributed by atoms with van der Waals surface area (Å²) in [6, 6.07) is 6.73. The van der Waals surface area contributed by atoms with E-state index in [1.54, 1.807) is 6.07 Å². The summed E-state index contributed by atoms with van der Waals surface area (Å²) in [5, 5.41) is 2.11. The molecular formula is C25H26FN3O5. The Balaban J connectivity index is 1.40. The molecule has 0 saturated carbocycles. The lowest BCUT2D eigenvalue weighted by molar-refractivity contribution is -0.136. The predicted molar refractivity (Wildman–Crippen MR) is 119 cm³/mol. The molecule has 0 bridgehead atoms. The molecule has 1 unspecified atom stereocenters. The molecule has 0 aromatic heterocycles. The van der Waals surface area contributed by atoms with Crippen LogP contribution >= 0.6 is 0 Å². The minimum absolute atomic E-state index is 0.00669. The van der Waals surface area contributed by atoms with E-state index in [-0.39, 0.29) is 41.8 Å². The maximum Gasteiger partial charge on any atom is 0.255 e. The van der Waals surface area contributed by atoms with E-state index < -0.39 is 36.1 Å². The number of morpholine rings is 1. The third kappa shape index (κ3) is 4.53. The van der Waals surface area contributed by atoms with Crippen molar-refractivity contribution < 1.29 is 32.4 Å². The van der Waals surface area contributed by atoms with Gasteiger partial charge in [-0.25, -0.2) is 4.39 Å². The minimum Gasteiger partial charge on any atom is -0.488 e. The summed E-state index contributed by atoms with van der Waals surface area (Å²) < 4.78 is 51.6. The summed E-state index contributed by atoms with van der Waals surface area (Å²) in [6.07, 6.45) is -0.239. The second-order valence-electron chi connectivity index (χ2n) is 8.40. The number of rotatable bonds is 6. The number of piperidine rings is 1. The van der Waals surface area contributed by atoms with Crippen LogP contribution in [0, 0.1) is 5.82 Å². The number of carbonyl (C=O) groups is 3. The van der Waals surface area contributed by atoms with Crippen molar-refractivity contribution in [2.24, 2.45) is 0 Å². The van der Waals surface area contributed by atoms with Crippen LogP contribution in [0.2, 0.25) is 0 Å². The molecule has 2 aromatic rings. The first kappa shape index (κ1) is 19.1. The molecule has 3 heterocycles. The molecule has 3 aliphatic rings. The molecule has 178 valence electrons. The molecule has 0 aliphatic carbocycles. The normalized spacial score (nSPS) is 24.8. The molecule has 3 aliphatic heterocycles. The van der Waals surface area contributed by atoms with Gasteiger partial charge in [0.15, 0.2) is 0 Å². The van der Waals surface area contributed by atoms with E-state index >= 15 is 0 Å². The second kappa shape index (κ2) is 9.52. The topological polar surface area (TPSA) is 88.2 Å². The zero-order valence-electron chi connectivity index (χ0n) is 21.4. The van der Waals surface area contributed by atoms with E-state index in [4.69, 9.17) is 13.6 Å². The lowest BCUT2D eigenvalue weighted by Gasteiger charge is -2.29. The molecule has 8 nitrogen and oxygen atoms in total. The summed E-state index contributed by atoms with van der Waals surface area (Å²) >= 11 is 0. The number of hydrogen-bond donors (Lipinski definition) is 1. The molecular weight excluding hydrogens is 441 g/mol. The number of amides is 3. The van der Waals surface area contributed by atoms with Gasteiger partial charge >= 0.3 is 0 Å². The highest BCUT2D eigenvalue weighted by Gasteiger charge is 2.40. The lowest BCUT2D eigenvalue weighted by Crippen LogP contribution is -2.52. The SMILES string of the molecule is [2H]C([2H])(Oc1cccc2c1CN(C1([2H])CCC(=O)NC1=O)C2=O)c1cc(CN2CCOCC2)ccc1F. The Morgan fingerprint density at radius 3 is 2.82 bits per heavy atom. The Hall–Kier alpha value is -3.30. The zero-order chi connectivity index (χ0) is 26.4. The van der Waals surface area contributed by atoms with Gasteiger partial charge in [0.25, 0.3) is 5.91 Å². The molecule has 3 amide bonds. The van der Waals surface area contributed by atoms with Gasteiger partial charge < -0.3 is 14.4 Å². The number of ether oxygens (including phenoxy) is 2. The smallest absolute Gasteiger partial charge is 0.255 e. The van der Waals surface area contributed by atoms with Crippen molar-refractivity contribution in [1.29, 1.82) is 0 Å². The number of hydrogen-bond acceptors (Lipinski definition) is 6. The van der Waals surface area contributed by atoms with Crippen molar-refractivity contribution in [3.8, 4) is 5.75 Å². The Morgan fingerprint density at radius 2 is 2.03 bits per heavy atom. The van der Waals surface area contributed by atoms with Gasteiger partial charge in [0, 0.05) is 42.7 Å². The van der Waals surface area contributed by atoms with E-state index in [1.807, 2.05) is 0 Å². The zero-order valence-corrected chi connectivity index (χ0v) is 18.4. The molecule has 2 saturated heterocycles. The van der Waals surface area contributed by atoms with Crippen LogP contribution in [0.25, 0.3) is 0 Å². The van der Waals surface area contributed by atoms with E-state index in [2.05, 4.69) is 10.2 Å². The number of nitrogens with zero attached hydrogens (tertiary/aromatic N) is 2. The van der Waals surface area contributed by atoms with Crippen LogP contribution in [0.3, 0.4) is 0 Å². The van der Waals surface area contributed by atoms with E-state index in [0.29, 0.717) is 19.8 Å². The Labute approximate surface area is 200 Å². The number of benzene rings is 2. The van der Waals surface area contributed by atoms with Gasteiger partial charge in [0.2, 0.25) is 11.8 Å². The number of imide groups is 1. The largest absolute Gasteiger partial charge is 0.488 e. The van der Waals surface area contributed by atoms with Gasteiger partial charge in [-0.1, -0.05) is 12.1 Å². The molecule has 0 spiro atoms. The van der Waals surface area contributed by atoms with Crippen LogP contribution < -0.4 is 10.1 Å². The van der Waals surface area contributed by atoms with Gasteiger partial charge in [0.05, 0.1) is 23.9 Å². The second-order valence-corrected chi connectivity index (χ2v) is 8.40. The van der Waals surface area contributed by atoms with E-state index in [1.165, 1.54) is 30.3 Å². The highest BCUT2D eigenvalue weighted by atomic mass is 19.1. The maximum absolute atomic E-state index is 14.8. The first-order valence-electron chi connectivity index (χ1n) is 12.6. The summed E-state index contributed by atoms with van der Waals surface area (Å²) in [4.78, 5) is 40.3. The fourth-order valence-electron chi connectivity index (χ4n) is 4.36. The molecule has 0 radical (unpaired) electrons. The molecule has 2 fully saturated rings. The van der Waals surface area contributed by atoms with Crippen LogP contribution in [-0.4, -0.2) is 59.8 Å². The summed E-state index contributed by atoms with van der Waals surface area (Å²) in [5.74, 6) is -2.75. The quantitative estimate of drug-likeness (QED) is 0.650. The van der Waals surface area contributed by atoms with Crippen LogP contribution in [0.1, 0.15) is 44.0 Å². The number of halogens is 1. The highest BCUT2D eigenvalue weighted by molar-refractivity contribution is 6.05. The van der Waals surface area contributed by atoms with Gasteiger partial charge in [-0.3, -0.25) is 24.6 Å². The van der Waals surface area contributed by atoms with Crippen molar-refractivity contribution in [2.45, 2.75) is 38.5 Å². The summed E-state index contributed by atoms with van der Waals surface area (Å²) in [5.41, 5.74) is 0.891. The molecule has 9 heteroatoms. The van der Waals surface area contributed by atoms with Crippen molar-refractivity contribution >= 4 is 17.7 Å². The third-order valence-electron chi connectivity index (χ3n) is 6.17. The number of fused-ring (bicyclic) bond motifs is 1. The third-order valence-corrected chi connectivity index (χ3v) is 6.17. The minimum atomic E-state index is -2.58. The fourth-order valence-corrected chi connectivity index (χ4v) is 4.36. The van der Waals surface area contributed by atoms with Crippen molar-refractivity contribution in [3.05, 3.63) is 64.5 Å². The predicted octanol–water partition coefficient (Wildman–Crippen LogP) is 2.00. The number of nitrogens with one attached hydrogen (secondary N) is 1. The fraction of sp³-hybridized carbons (Fsp3) is 0.400. The van der Waals surface area contributed by atoms with Crippen LogP contribution in [-0.2, 0) is 34.0 Å². The molecule has 5 rings (SSSR count). The van der Waals surface area contributed by atoms with Gasteiger partial charge in [-0.05, 0) is 36.2 Å². The summed E-state index contributed by atoms with van der Waals surface area (Å²) in [6.45, 7) is 0.387. The van der Waals surface area contributed by atoms with Crippen LogP contribution in [0.15, 0.2) is 36.4 Å². The summed E-state index contributed by atoms with van der Waals surface area (Å²) in [7, 11) is 0. The number of carbonyl (C=O) groups excluding carboxylic acids is 3. The molecule has 1 atom stereocenters. The van der Waals surface area contributed by atoms with Crippen LogP contribution in [0.5, 0.6) is 5.75 Å². The van der Waals surface area contributed by atoms with Crippen LogP contribution in [0.4, 0.5) is 4.39 Å². The van der Waals surface area contributed by atoms with Gasteiger partial charge in [-0.15, -0.1) is 0 Å². The maximum atomic E-state index is 14.8. The van der Waals surface area contributed by atoms with Crippen molar-refractivity contribution in [3.63, 3.8) is 0 Å². The van der Waals surface area contributed by atoms with Gasteiger partial charge in [-0.2, -0.15) is 0 Å². The highest BCUT2D eigenvalue weighted by Crippen LogP contribution is 2.34. The average Bonchev–Trinajstić information content (AvgIpc) is 3.21. The first-order chi connectivity index (χ1) is 17.6. The Morgan fingerprint density at radius 1 is 1.21 bits per heavy atom. The average molecular weight is 471 g/mol. The standard InChI is InChI=1S/C25H26FN3O5/c26-20-5-4-16(13-28-8-10-33-11-9-28)12-17(20)15-34-22-3-1-2-18-19(22)14-29(25(18)32)21-6-7-23(30)27-24(21)31/h1-5,12,21H,6-11,13-15H2,(H,27,30,31)/i15D2,21D. The lowest BCUT2D eigenvalue weighted by atomic mass is 10.0. The molecule has 34 heavy (non-hydrogen) atoms. The Bertz CT molecular complexity index is 1270. The monoisotopic (exact) mass is 470 g/mol. The van der Waals surface area contributed by atoms with Crippen molar-refractivity contribution in [2.75, 3.05) is 26.3 Å². The van der Waals surface area contributed by atoms with E-state index in [0.717, 1.165) is 23.6 Å².